The van der Waals surface area contributed by atoms with Gasteiger partial charge in [-0.1, -0.05) is 29.3 Å². The van der Waals surface area contributed by atoms with E-state index in [-0.39, 0.29) is 0 Å². The molecule has 1 aliphatic rings. The molecular formula is C15H11Cl2O. The van der Waals surface area contributed by atoms with E-state index in [0.29, 0.717) is 10.0 Å². The van der Waals surface area contributed by atoms with Crippen molar-refractivity contribution in [2.75, 3.05) is 0 Å². The van der Waals surface area contributed by atoms with Crippen LogP contribution in [0.3, 0.4) is 0 Å². The second kappa shape index (κ2) is 4.49. The molecule has 0 amide bonds. The molecule has 18 heavy (non-hydrogen) atoms. The van der Waals surface area contributed by atoms with Gasteiger partial charge in [0.2, 0.25) is 0 Å². The first-order valence-corrected chi connectivity index (χ1v) is 6.48. The number of hydrogen-bond acceptors (Lipinski definition) is 1. The predicted molar refractivity (Wildman–Crippen MR) is 75.3 cm³/mol. The molecule has 91 valence electrons. The summed E-state index contributed by atoms with van der Waals surface area (Å²) in [5, 5.41) is 1.36. The summed E-state index contributed by atoms with van der Waals surface area (Å²) in [6.45, 7) is 3.88. The van der Waals surface area contributed by atoms with E-state index in [1.54, 1.807) is 6.07 Å². The molecule has 0 atom stereocenters. The summed E-state index contributed by atoms with van der Waals surface area (Å²) in [5.74, 6) is 0.893. The maximum absolute atomic E-state index is 6.26. The molecule has 1 aliphatic heterocycles. The number of rotatable bonds is 1. The molecule has 0 unspecified atom stereocenters. The van der Waals surface area contributed by atoms with Crippen molar-refractivity contribution >= 4 is 23.2 Å². The molecule has 0 saturated heterocycles. The molecule has 1 radical (unpaired) electrons. The Morgan fingerprint density at radius 3 is 2.72 bits per heavy atom. The minimum absolute atomic E-state index is 0.673. The van der Waals surface area contributed by atoms with Gasteiger partial charge in [0.05, 0.1) is 0 Å². The fourth-order valence-corrected chi connectivity index (χ4v) is 2.65. The van der Waals surface area contributed by atoms with E-state index in [2.05, 4.69) is 19.1 Å². The van der Waals surface area contributed by atoms with Crippen LogP contribution in [-0.2, 0) is 6.42 Å². The summed E-state index contributed by atoms with van der Waals surface area (Å²) in [5.41, 5.74) is 4.31. The number of halogens is 2. The van der Waals surface area contributed by atoms with Gasteiger partial charge in [0.1, 0.15) is 12.4 Å². The molecule has 1 nitrogen and oxygen atoms in total. The van der Waals surface area contributed by atoms with Gasteiger partial charge in [-0.05, 0) is 42.3 Å². The highest BCUT2D eigenvalue weighted by atomic mass is 35.5. The van der Waals surface area contributed by atoms with E-state index < -0.39 is 0 Å². The molecule has 3 rings (SSSR count). The average molecular weight is 278 g/mol. The van der Waals surface area contributed by atoms with Crippen molar-refractivity contribution in [1.29, 1.82) is 0 Å². The van der Waals surface area contributed by atoms with Gasteiger partial charge < -0.3 is 4.74 Å². The van der Waals surface area contributed by atoms with Gasteiger partial charge in [0.15, 0.2) is 0 Å². The summed E-state index contributed by atoms with van der Waals surface area (Å²) in [4.78, 5) is 0. The van der Waals surface area contributed by atoms with Crippen molar-refractivity contribution in [2.24, 2.45) is 0 Å². The minimum Gasteiger partial charge on any atom is -0.485 e. The largest absolute Gasteiger partial charge is 0.485 e. The van der Waals surface area contributed by atoms with E-state index in [9.17, 15) is 0 Å². The Hall–Kier alpha value is -1.18. The molecule has 0 spiro atoms. The maximum Gasteiger partial charge on any atom is 0.140 e. The molecule has 0 fully saturated rings. The molecule has 2 aromatic carbocycles. The third-order valence-electron chi connectivity index (χ3n) is 3.03. The van der Waals surface area contributed by atoms with E-state index in [0.717, 1.165) is 23.3 Å². The number of benzene rings is 2. The number of ether oxygens (including phenoxy) is 1. The standard InChI is InChI=1S/C15H11Cl2O/c1-9-6-10-4-5-18-15(10)13(7-9)12-8-11(16)2-3-14(12)17/h2-3,5-8H,4H2,1H3. The van der Waals surface area contributed by atoms with Crippen molar-refractivity contribution in [1.82, 2.24) is 0 Å². The van der Waals surface area contributed by atoms with Crippen LogP contribution in [0, 0.1) is 13.5 Å². The summed E-state index contributed by atoms with van der Waals surface area (Å²) in [7, 11) is 0. The first-order chi connectivity index (χ1) is 8.65. The van der Waals surface area contributed by atoms with Crippen LogP contribution in [0.15, 0.2) is 30.3 Å². The lowest BCUT2D eigenvalue weighted by Crippen LogP contribution is -1.88. The third-order valence-corrected chi connectivity index (χ3v) is 3.60. The average Bonchev–Trinajstić information content (AvgIpc) is 2.79. The topological polar surface area (TPSA) is 9.23 Å². The Kier molecular flexibility index (Phi) is 2.96. The van der Waals surface area contributed by atoms with Gasteiger partial charge in [-0.3, -0.25) is 0 Å². The lowest BCUT2D eigenvalue weighted by Gasteiger charge is -2.11. The predicted octanol–water partition coefficient (Wildman–Crippen LogP) is 5.07. The van der Waals surface area contributed by atoms with Gasteiger partial charge in [-0.25, -0.2) is 0 Å². The van der Waals surface area contributed by atoms with Gasteiger partial charge in [0, 0.05) is 27.6 Å². The Morgan fingerprint density at radius 2 is 1.89 bits per heavy atom. The smallest absolute Gasteiger partial charge is 0.140 e. The van der Waals surface area contributed by atoms with Crippen LogP contribution in [0.2, 0.25) is 10.0 Å². The van der Waals surface area contributed by atoms with E-state index in [1.807, 2.05) is 18.7 Å². The zero-order valence-electron chi connectivity index (χ0n) is 9.84. The first-order valence-electron chi connectivity index (χ1n) is 5.72. The second-order valence-corrected chi connectivity index (χ2v) is 5.26. The Bertz CT molecular complexity index is 620. The SMILES string of the molecule is Cc1cc2c(c(-c3cc(Cl)ccc3Cl)c1)O[CH]C2. The van der Waals surface area contributed by atoms with E-state index in [4.69, 9.17) is 27.9 Å². The van der Waals surface area contributed by atoms with E-state index in [1.165, 1.54) is 11.1 Å². The van der Waals surface area contributed by atoms with Crippen LogP contribution in [0.1, 0.15) is 11.1 Å². The number of hydrogen-bond donors (Lipinski definition) is 0. The van der Waals surface area contributed by atoms with Crippen molar-refractivity contribution in [3.8, 4) is 16.9 Å². The Balaban J connectivity index is 2.26. The van der Waals surface area contributed by atoms with Crippen LogP contribution in [0.4, 0.5) is 0 Å². The Morgan fingerprint density at radius 1 is 1.06 bits per heavy atom. The van der Waals surface area contributed by atoms with Crippen molar-refractivity contribution < 1.29 is 4.74 Å². The molecule has 1 heterocycles. The van der Waals surface area contributed by atoms with Gasteiger partial charge >= 0.3 is 0 Å². The summed E-state index contributed by atoms with van der Waals surface area (Å²) in [6, 6.07) is 9.69. The van der Waals surface area contributed by atoms with Crippen molar-refractivity contribution in [2.45, 2.75) is 13.3 Å². The van der Waals surface area contributed by atoms with Crippen LogP contribution in [-0.4, -0.2) is 0 Å². The Labute approximate surface area is 116 Å². The highest BCUT2D eigenvalue weighted by molar-refractivity contribution is 6.35. The summed E-state index contributed by atoms with van der Waals surface area (Å²) < 4.78 is 5.61. The molecule has 2 aromatic rings. The molecule has 0 aliphatic carbocycles. The quantitative estimate of drug-likeness (QED) is 0.708. The lowest BCUT2D eigenvalue weighted by atomic mass is 9.98. The van der Waals surface area contributed by atoms with Gasteiger partial charge in [0.25, 0.3) is 0 Å². The molecule has 0 N–H and O–H groups in total. The normalized spacial score (nSPS) is 13.3. The molecule has 0 bridgehead atoms. The van der Waals surface area contributed by atoms with Gasteiger partial charge in [-0.2, -0.15) is 0 Å². The third kappa shape index (κ3) is 1.98. The number of aryl methyl sites for hydroxylation is 1. The lowest BCUT2D eigenvalue weighted by molar-refractivity contribution is 0.436. The summed E-state index contributed by atoms with van der Waals surface area (Å²) in [6.07, 6.45) is 0.836. The van der Waals surface area contributed by atoms with Crippen LogP contribution in [0.25, 0.3) is 11.1 Å². The highest BCUT2D eigenvalue weighted by Gasteiger charge is 2.20. The van der Waals surface area contributed by atoms with Crippen LogP contribution < -0.4 is 4.74 Å². The maximum atomic E-state index is 6.26. The van der Waals surface area contributed by atoms with Crippen molar-refractivity contribution in [3.05, 3.63) is 58.1 Å². The summed E-state index contributed by atoms with van der Waals surface area (Å²) >= 11 is 12.3. The fourth-order valence-electron chi connectivity index (χ4n) is 2.26. The van der Waals surface area contributed by atoms with Crippen LogP contribution in [0.5, 0.6) is 5.75 Å². The first kappa shape index (κ1) is 11.9. The fraction of sp³-hybridized carbons (Fsp3) is 0.133. The minimum atomic E-state index is 0.673. The zero-order valence-corrected chi connectivity index (χ0v) is 11.3. The monoisotopic (exact) mass is 277 g/mol. The van der Waals surface area contributed by atoms with Crippen LogP contribution >= 0.6 is 23.2 Å². The zero-order chi connectivity index (χ0) is 12.7. The number of fused-ring (bicyclic) bond motifs is 1. The van der Waals surface area contributed by atoms with Crippen molar-refractivity contribution in [3.63, 3.8) is 0 Å². The second-order valence-electron chi connectivity index (χ2n) is 4.41. The highest BCUT2D eigenvalue weighted by Crippen LogP contribution is 2.42. The molecule has 3 heteroatoms. The molecular weight excluding hydrogens is 267 g/mol. The van der Waals surface area contributed by atoms with Gasteiger partial charge in [-0.15, -0.1) is 0 Å². The molecule has 0 aromatic heterocycles. The van der Waals surface area contributed by atoms with E-state index >= 15 is 0 Å². The molecule has 0 saturated carbocycles.